The lowest BCUT2D eigenvalue weighted by Gasteiger charge is -2.36. The SMILES string of the molecule is CC(C)COC(=O)N1CCC(N2CC(C(=O)O)CC2=O)CC1. The van der Waals surface area contributed by atoms with Crippen LogP contribution in [0.2, 0.25) is 0 Å². The molecule has 7 nitrogen and oxygen atoms in total. The Labute approximate surface area is 130 Å². The number of hydrogen-bond donors (Lipinski definition) is 1. The Hall–Kier alpha value is -1.79. The highest BCUT2D eigenvalue weighted by atomic mass is 16.6. The largest absolute Gasteiger partial charge is 0.481 e. The number of carboxylic acids is 1. The molecule has 0 aromatic rings. The van der Waals surface area contributed by atoms with Crippen LogP contribution in [0, 0.1) is 11.8 Å². The fourth-order valence-electron chi connectivity index (χ4n) is 2.94. The summed E-state index contributed by atoms with van der Waals surface area (Å²) in [6, 6.07) is 0.0333. The first-order valence-corrected chi connectivity index (χ1v) is 7.82. The van der Waals surface area contributed by atoms with Gasteiger partial charge in [0.2, 0.25) is 5.91 Å². The summed E-state index contributed by atoms with van der Waals surface area (Å²) in [6.07, 6.45) is 1.14. The average Bonchev–Trinajstić information content (AvgIpc) is 2.87. The van der Waals surface area contributed by atoms with Crippen LogP contribution in [0.3, 0.4) is 0 Å². The number of carbonyl (C=O) groups excluding carboxylic acids is 2. The molecule has 7 heteroatoms. The highest BCUT2D eigenvalue weighted by Crippen LogP contribution is 2.25. The number of carboxylic acid groups (broad SMARTS) is 1. The zero-order valence-corrected chi connectivity index (χ0v) is 13.2. The van der Waals surface area contributed by atoms with Crippen LogP contribution < -0.4 is 0 Å². The molecule has 2 amide bonds. The van der Waals surface area contributed by atoms with Gasteiger partial charge >= 0.3 is 12.1 Å². The molecule has 124 valence electrons. The zero-order valence-electron chi connectivity index (χ0n) is 13.2. The maximum Gasteiger partial charge on any atom is 0.409 e. The van der Waals surface area contributed by atoms with E-state index in [0.29, 0.717) is 38.5 Å². The van der Waals surface area contributed by atoms with Gasteiger partial charge in [-0.1, -0.05) is 13.8 Å². The molecule has 0 aromatic heterocycles. The average molecular weight is 312 g/mol. The fraction of sp³-hybridized carbons (Fsp3) is 0.800. The summed E-state index contributed by atoms with van der Waals surface area (Å²) in [5.74, 6) is -1.29. The number of rotatable bonds is 4. The molecule has 2 aliphatic rings. The van der Waals surface area contributed by atoms with Crippen LogP contribution in [0.5, 0.6) is 0 Å². The summed E-state index contributed by atoms with van der Waals surface area (Å²) in [5.41, 5.74) is 0. The van der Waals surface area contributed by atoms with Crippen molar-refractivity contribution in [1.82, 2.24) is 9.80 Å². The number of likely N-dealkylation sites (tertiary alicyclic amines) is 2. The van der Waals surface area contributed by atoms with Gasteiger partial charge in [0.25, 0.3) is 0 Å². The van der Waals surface area contributed by atoms with Crippen LogP contribution in [-0.2, 0) is 14.3 Å². The summed E-state index contributed by atoms with van der Waals surface area (Å²) in [6.45, 7) is 5.75. The molecule has 2 aliphatic heterocycles. The van der Waals surface area contributed by atoms with E-state index in [1.54, 1.807) is 9.80 Å². The molecule has 0 radical (unpaired) electrons. The van der Waals surface area contributed by atoms with E-state index < -0.39 is 11.9 Å². The summed E-state index contributed by atoms with van der Waals surface area (Å²) in [7, 11) is 0. The lowest BCUT2D eigenvalue weighted by atomic mass is 10.0. The normalized spacial score (nSPS) is 23.2. The predicted octanol–water partition coefficient (Wildman–Crippen LogP) is 1.18. The molecule has 0 aliphatic carbocycles. The minimum absolute atomic E-state index is 0.0333. The highest BCUT2D eigenvalue weighted by Gasteiger charge is 2.39. The van der Waals surface area contributed by atoms with Gasteiger partial charge in [-0.3, -0.25) is 9.59 Å². The topological polar surface area (TPSA) is 87.2 Å². The van der Waals surface area contributed by atoms with Gasteiger partial charge in [0.15, 0.2) is 0 Å². The predicted molar refractivity (Wildman–Crippen MR) is 78.2 cm³/mol. The van der Waals surface area contributed by atoms with E-state index in [4.69, 9.17) is 9.84 Å². The Balaban J connectivity index is 1.81. The van der Waals surface area contributed by atoms with Gasteiger partial charge in [-0.15, -0.1) is 0 Å². The van der Waals surface area contributed by atoms with Crippen molar-refractivity contribution in [1.29, 1.82) is 0 Å². The van der Waals surface area contributed by atoms with Crippen LogP contribution in [-0.4, -0.2) is 65.2 Å². The molecule has 2 fully saturated rings. The number of hydrogen-bond acceptors (Lipinski definition) is 4. The first-order valence-electron chi connectivity index (χ1n) is 7.82. The summed E-state index contributed by atoms with van der Waals surface area (Å²) in [4.78, 5) is 38.2. The second-order valence-electron chi connectivity index (χ2n) is 6.47. The van der Waals surface area contributed by atoms with Crippen molar-refractivity contribution >= 4 is 18.0 Å². The highest BCUT2D eigenvalue weighted by molar-refractivity contribution is 5.86. The van der Waals surface area contributed by atoms with Crippen molar-refractivity contribution in [3.8, 4) is 0 Å². The third kappa shape index (κ3) is 3.90. The quantitative estimate of drug-likeness (QED) is 0.842. The molecular formula is C15H24N2O5. The molecule has 1 unspecified atom stereocenters. The Morgan fingerprint density at radius 3 is 2.45 bits per heavy atom. The molecule has 0 aromatic carbocycles. The molecule has 0 bridgehead atoms. The van der Waals surface area contributed by atoms with Gasteiger partial charge in [0.1, 0.15) is 0 Å². The minimum atomic E-state index is -0.912. The van der Waals surface area contributed by atoms with E-state index >= 15 is 0 Å². The number of carbonyl (C=O) groups is 3. The first-order chi connectivity index (χ1) is 10.4. The fourth-order valence-corrected chi connectivity index (χ4v) is 2.94. The van der Waals surface area contributed by atoms with E-state index in [1.807, 2.05) is 13.8 Å². The lowest BCUT2D eigenvalue weighted by Crippen LogP contribution is -2.47. The number of piperidine rings is 1. The van der Waals surface area contributed by atoms with E-state index in [1.165, 1.54) is 0 Å². The lowest BCUT2D eigenvalue weighted by molar-refractivity contribution is -0.141. The first kappa shape index (κ1) is 16.6. The molecule has 2 heterocycles. The van der Waals surface area contributed by atoms with Crippen molar-refractivity contribution in [3.63, 3.8) is 0 Å². The Kier molecular flexibility index (Phi) is 5.26. The van der Waals surface area contributed by atoms with Crippen LogP contribution >= 0.6 is 0 Å². The Morgan fingerprint density at radius 1 is 1.32 bits per heavy atom. The van der Waals surface area contributed by atoms with Crippen molar-refractivity contribution < 1.29 is 24.2 Å². The maximum absolute atomic E-state index is 11.9. The third-order valence-electron chi connectivity index (χ3n) is 4.21. The van der Waals surface area contributed by atoms with Gasteiger partial charge < -0.3 is 19.6 Å². The van der Waals surface area contributed by atoms with Crippen LogP contribution in [0.4, 0.5) is 4.79 Å². The van der Waals surface area contributed by atoms with Gasteiger partial charge in [-0.25, -0.2) is 4.79 Å². The summed E-state index contributed by atoms with van der Waals surface area (Å²) < 4.78 is 5.20. The second-order valence-corrected chi connectivity index (χ2v) is 6.47. The van der Waals surface area contributed by atoms with Gasteiger partial charge in [-0.05, 0) is 18.8 Å². The molecule has 0 spiro atoms. The van der Waals surface area contributed by atoms with Crippen LogP contribution in [0.1, 0.15) is 33.1 Å². The molecule has 22 heavy (non-hydrogen) atoms. The van der Waals surface area contributed by atoms with Crippen molar-refractivity contribution in [2.45, 2.75) is 39.2 Å². The van der Waals surface area contributed by atoms with Crippen LogP contribution in [0.25, 0.3) is 0 Å². The monoisotopic (exact) mass is 312 g/mol. The zero-order chi connectivity index (χ0) is 16.3. The van der Waals surface area contributed by atoms with Crippen LogP contribution in [0.15, 0.2) is 0 Å². The van der Waals surface area contributed by atoms with E-state index in [0.717, 1.165) is 0 Å². The van der Waals surface area contributed by atoms with E-state index in [-0.39, 0.29) is 31.0 Å². The standard InChI is InChI=1S/C15H24N2O5/c1-10(2)9-22-15(21)16-5-3-12(4-6-16)17-8-11(14(19)20)7-13(17)18/h10-12H,3-9H2,1-2H3,(H,19,20). The van der Waals surface area contributed by atoms with Crippen molar-refractivity contribution in [2.75, 3.05) is 26.2 Å². The number of aliphatic carboxylic acids is 1. The number of amides is 2. The Bertz CT molecular complexity index is 443. The number of nitrogens with zero attached hydrogens (tertiary/aromatic N) is 2. The molecule has 2 rings (SSSR count). The molecule has 0 saturated carbocycles. The molecule has 2 saturated heterocycles. The van der Waals surface area contributed by atoms with Gasteiger partial charge in [0, 0.05) is 32.1 Å². The summed E-state index contributed by atoms with van der Waals surface area (Å²) in [5, 5.41) is 9.02. The number of ether oxygens (including phenoxy) is 1. The van der Waals surface area contributed by atoms with Gasteiger partial charge in [-0.2, -0.15) is 0 Å². The van der Waals surface area contributed by atoms with E-state index in [2.05, 4.69) is 0 Å². The maximum atomic E-state index is 11.9. The van der Waals surface area contributed by atoms with Gasteiger partial charge in [0.05, 0.1) is 12.5 Å². The summed E-state index contributed by atoms with van der Waals surface area (Å²) >= 11 is 0. The third-order valence-corrected chi connectivity index (χ3v) is 4.21. The second kappa shape index (κ2) is 6.98. The van der Waals surface area contributed by atoms with Crippen molar-refractivity contribution in [2.24, 2.45) is 11.8 Å². The molecule has 1 atom stereocenters. The van der Waals surface area contributed by atoms with E-state index in [9.17, 15) is 14.4 Å². The Morgan fingerprint density at radius 2 is 1.95 bits per heavy atom. The smallest absolute Gasteiger partial charge is 0.409 e. The molecular weight excluding hydrogens is 288 g/mol. The molecule has 1 N–H and O–H groups in total. The van der Waals surface area contributed by atoms with Crippen molar-refractivity contribution in [3.05, 3.63) is 0 Å². The minimum Gasteiger partial charge on any atom is -0.481 e.